The molecule has 1 aromatic heterocycles. The molecule has 1 aliphatic carbocycles. The number of likely N-dealkylation sites (tertiary alicyclic amines) is 1. The number of pyridine rings is 1. The lowest BCUT2D eigenvalue weighted by atomic mass is 9.77. The van der Waals surface area contributed by atoms with Crippen LogP contribution in [0.5, 0.6) is 0 Å². The van der Waals surface area contributed by atoms with Gasteiger partial charge in [0.1, 0.15) is 17.7 Å². The molecule has 2 aromatic carbocycles. The number of urea groups is 1. The maximum absolute atomic E-state index is 15.3. The molecule has 10 heteroatoms. The number of aromatic nitrogens is 1. The van der Waals surface area contributed by atoms with Crippen molar-refractivity contribution < 1.29 is 14.0 Å². The van der Waals surface area contributed by atoms with Crippen LogP contribution in [0.4, 0.5) is 20.7 Å². The van der Waals surface area contributed by atoms with Crippen molar-refractivity contribution in [2.45, 2.75) is 56.0 Å². The lowest BCUT2D eigenvalue weighted by molar-refractivity contribution is -0.119. The topological polar surface area (TPSA) is 113 Å². The van der Waals surface area contributed by atoms with Gasteiger partial charge in [-0.1, -0.05) is 66.9 Å². The maximum atomic E-state index is 15.3. The second kappa shape index (κ2) is 13.3. The van der Waals surface area contributed by atoms with Crippen LogP contribution >= 0.6 is 11.6 Å². The molecule has 2 aliphatic heterocycles. The number of anilines is 2. The van der Waals surface area contributed by atoms with Gasteiger partial charge in [-0.25, -0.2) is 14.2 Å². The molecule has 1 saturated carbocycles. The first-order chi connectivity index (χ1) is 21.8. The number of carbonyl (C=O) groups excluding carboxylic acids is 2. The maximum Gasteiger partial charge on any atom is 0.323 e. The van der Waals surface area contributed by atoms with Crippen LogP contribution in [-0.2, 0) is 10.3 Å². The van der Waals surface area contributed by atoms with Crippen molar-refractivity contribution in [1.29, 1.82) is 0 Å². The molecule has 0 spiro atoms. The Morgan fingerprint density at radius 2 is 1.91 bits per heavy atom. The van der Waals surface area contributed by atoms with E-state index in [0.29, 0.717) is 48.1 Å². The molecule has 3 atom stereocenters. The molecule has 1 unspecified atom stereocenters. The molecule has 4 N–H and O–H groups in total. The third-order valence-corrected chi connectivity index (χ3v) is 9.17. The van der Waals surface area contributed by atoms with E-state index in [4.69, 9.17) is 17.3 Å². The van der Waals surface area contributed by atoms with Gasteiger partial charge in [0.05, 0.1) is 16.2 Å². The summed E-state index contributed by atoms with van der Waals surface area (Å²) in [5.74, 6) is -0.176. The van der Waals surface area contributed by atoms with Crippen LogP contribution in [0.25, 0.3) is 0 Å². The smallest absolute Gasteiger partial charge is 0.322 e. The number of carbonyl (C=O) groups is 2. The van der Waals surface area contributed by atoms with Crippen molar-refractivity contribution in [3.63, 3.8) is 0 Å². The number of hydrogen-bond acceptors (Lipinski definition) is 5. The standard InChI is InChI=1S/C35H36ClFN6O2/c36-28-11-13-32(40-21-28)42-34(45)43-22-25(24-5-2-1-3-6-24)19-31(43)33(44)41-30-20-27(10-12-29(30)37)35(38,16-14-23-8-9-23)26-7-4-17-39-18-15-26/h1-6,10-13,15,17-18,20-21,23,25,31H,7-9,14,16,19,22,38H2,(H,41,44)(H,40,42,45)/t25-,31+,35?/m0/s1. The number of halogens is 2. The minimum atomic E-state index is -0.861. The van der Waals surface area contributed by atoms with Gasteiger partial charge >= 0.3 is 6.03 Å². The predicted octanol–water partition coefficient (Wildman–Crippen LogP) is 7.16. The van der Waals surface area contributed by atoms with Crippen LogP contribution in [0.1, 0.15) is 55.6 Å². The summed E-state index contributed by atoms with van der Waals surface area (Å²) in [6.45, 7) is 0.306. The summed E-state index contributed by atoms with van der Waals surface area (Å²) < 4.78 is 15.3. The van der Waals surface area contributed by atoms with Crippen LogP contribution in [0.2, 0.25) is 5.02 Å². The third-order valence-electron chi connectivity index (χ3n) is 8.95. The van der Waals surface area contributed by atoms with Gasteiger partial charge in [0.25, 0.3) is 0 Å². The Morgan fingerprint density at radius 1 is 1.09 bits per heavy atom. The molecule has 0 bridgehead atoms. The fourth-order valence-electron chi connectivity index (χ4n) is 6.17. The van der Waals surface area contributed by atoms with E-state index in [9.17, 15) is 9.59 Å². The summed E-state index contributed by atoms with van der Waals surface area (Å²) in [4.78, 5) is 37.2. The fraction of sp³-hybridized carbons (Fsp3) is 0.314. The number of benzene rings is 2. The van der Waals surface area contributed by atoms with Crippen molar-refractivity contribution in [3.05, 3.63) is 113 Å². The first kappa shape index (κ1) is 30.7. The second-order valence-corrected chi connectivity index (χ2v) is 12.5. The predicted molar refractivity (Wildman–Crippen MR) is 176 cm³/mol. The first-order valence-electron chi connectivity index (χ1n) is 15.3. The molecule has 2 fully saturated rings. The van der Waals surface area contributed by atoms with Crippen LogP contribution in [-0.4, -0.2) is 40.6 Å². The van der Waals surface area contributed by atoms with Gasteiger partial charge in [-0.3, -0.25) is 15.1 Å². The van der Waals surface area contributed by atoms with E-state index in [2.05, 4.69) is 20.6 Å². The molecule has 232 valence electrons. The van der Waals surface area contributed by atoms with Crippen molar-refractivity contribution in [2.24, 2.45) is 16.6 Å². The number of hydrogen-bond donors (Lipinski definition) is 3. The Balaban J connectivity index is 1.26. The molecule has 1 saturated heterocycles. The highest BCUT2D eigenvalue weighted by Gasteiger charge is 2.41. The average molecular weight is 627 g/mol. The fourth-order valence-corrected chi connectivity index (χ4v) is 6.28. The number of amides is 3. The van der Waals surface area contributed by atoms with E-state index in [1.165, 1.54) is 30.0 Å². The number of allylic oxidation sites excluding steroid dienone is 2. The number of nitrogens with zero attached hydrogens (tertiary/aromatic N) is 3. The van der Waals surface area contributed by atoms with Crippen LogP contribution < -0.4 is 16.4 Å². The molecule has 6 rings (SSSR count). The van der Waals surface area contributed by atoms with Gasteiger partial charge in [0.2, 0.25) is 5.91 Å². The molecule has 8 nitrogen and oxygen atoms in total. The van der Waals surface area contributed by atoms with Gasteiger partial charge < -0.3 is 16.0 Å². The van der Waals surface area contributed by atoms with Crippen LogP contribution in [0.3, 0.4) is 0 Å². The quantitative estimate of drug-likeness (QED) is 0.234. The zero-order valence-electron chi connectivity index (χ0n) is 24.8. The zero-order chi connectivity index (χ0) is 31.4. The van der Waals surface area contributed by atoms with Crippen LogP contribution in [0, 0.1) is 11.7 Å². The molecule has 0 radical (unpaired) electrons. The lowest BCUT2D eigenvalue weighted by Crippen LogP contribution is -2.45. The van der Waals surface area contributed by atoms with Crippen molar-refractivity contribution >= 4 is 41.3 Å². The Labute approximate surface area is 267 Å². The van der Waals surface area contributed by atoms with Gasteiger partial charge in [0, 0.05) is 31.1 Å². The van der Waals surface area contributed by atoms with E-state index in [1.54, 1.807) is 36.7 Å². The van der Waals surface area contributed by atoms with Crippen molar-refractivity contribution in [1.82, 2.24) is 9.88 Å². The molecule has 45 heavy (non-hydrogen) atoms. The summed E-state index contributed by atoms with van der Waals surface area (Å²) in [7, 11) is 0. The minimum Gasteiger partial charge on any atom is -0.322 e. The average Bonchev–Trinajstić information content (AvgIpc) is 3.84. The Hall–Kier alpha value is -4.34. The Kier molecular flexibility index (Phi) is 9.09. The van der Waals surface area contributed by atoms with Crippen LogP contribution in [0.15, 0.2) is 95.8 Å². The SMILES string of the molecule is NC(CCC1CC1)(C1=CC=NC=CC1)c1ccc(F)c(NC(=O)[C@H]2C[C@H](c3ccccc3)CN2C(=O)Nc2ccc(Cl)cn2)c1. The highest BCUT2D eigenvalue weighted by atomic mass is 35.5. The molecular weight excluding hydrogens is 591 g/mol. The van der Waals surface area contributed by atoms with Gasteiger partial charge in [-0.2, -0.15) is 0 Å². The van der Waals surface area contributed by atoms with E-state index >= 15 is 4.39 Å². The Bertz CT molecular complexity index is 1640. The van der Waals surface area contributed by atoms with E-state index < -0.39 is 29.3 Å². The number of aliphatic imine (C=N–C) groups is 1. The summed E-state index contributed by atoms with van der Waals surface area (Å²) in [5.41, 5.74) is 9.04. The molecule has 3 aliphatic rings. The highest BCUT2D eigenvalue weighted by molar-refractivity contribution is 6.30. The van der Waals surface area contributed by atoms with E-state index in [0.717, 1.165) is 17.6 Å². The normalized spacial score (nSPS) is 20.7. The van der Waals surface area contributed by atoms with Crippen molar-refractivity contribution in [3.8, 4) is 0 Å². The molecule has 3 amide bonds. The van der Waals surface area contributed by atoms with Gasteiger partial charge in [-0.15, -0.1) is 0 Å². The Morgan fingerprint density at radius 3 is 2.67 bits per heavy atom. The van der Waals surface area contributed by atoms with Gasteiger partial charge in [-0.05, 0) is 78.6 Å². The first-order valence-corrected chi connectivity index (χ1v) is 15.7. The summed E-state index contributed by atoms with van der Waals surface area (Å²) in [5, 5.41) is 6.01. The third kappa shape index (κ3) is 7.16. The van der Waals surface area contributed by atoms with Crippen molar-refractivity contribution in [2.75, 3.05) is 17.2 Å². The minimum absolute atomic E-state index is 0.0278. The van der Waals surface area contributed by atoms with E-state index in [1.807, 2.05) is 42.5 Å². The zero-order valence-corrected chi connectivity index (χ0v) is 25.6. The number of nitrogens with two attached hydrogens (primary N) is 1. The largest absolute Gasteiger partial charge is 0.323 e. The molecular formula is C35H36ClFN6O2. The highest BCUT2D eigenvalue weighted by Crippen LogP contribution is 2.42. The number of rotatable bonds is 9. The summed E-state index contributed by atoms with van der Waals surface area (Å²) in [6.07, 6.45) is 13.9. The second-order valence-electron chi connectivity index (χ2n) is 12.0. The molecule has 3 aromatic rings. The summed E-state index contributed by atoms with van der Waals surface area (Å²) >= 11 is 5.95. The number of nitrogens with one attached hydrogen (secondary N) is 2. The molecule has 3 heterocycles. The monoisotopic (exact) mass is 626 g/mol. The lowest BCUT2D eigenvalue weighted by Gasteiger charge is -2.33. The van der Waals surface area contributed by atoms with E-state index in [-0.39, 0.29) is 11.6 Å². The summed E-state index contributed by atoms with van der Waals surface area (Å²) in [6, 6.07) is 16.3. The van der Waals surface area contributed by atoms with Gasteiger partial charge in [0.15, 0.2) is 0 Å².